The maximum atomic E-state index is 12.1. The molecular weight excluding hydrogens is 357 g/mol. The molecule has 1 atom stereocenters. The monoisotopic (exact) mass is 370 g/mol. The second-order valence-electron chi connectivity index (χ2n) is 5.07. The number of nitro groups is 1. The Kier molecular flexibility index (Phi) is 5.65. The van der Waals surface area contributed by atoms with Crippen LogP contribution >= 0.6 is 0 Å². The highest BCUT2D eigenvalue weighted by Gasteiger charge is 2.31. The fourth-order valence-electron chi connectivity index (χ4n) is 1.89. The van der Waals surface area contributed by atoms with E-state index >= 15 is 0 Å². The van der Waals surface area contributed by atoms with E-state index in [-0.39, 0.29) is 17.1 Å². The molecular formula is C16H13F3N2O5. The molecule has 10 heteroatoms. The zero-order valence-electron chi connectivity index (χ0n) is 13.3. The molecule has 1 N–H and O–H groups in total. The van der Waals surface area contributed by atoms with E-state index in [0.717, 1.165) is 12.1 Å². The van der Waals surface area contributed by atoms with Gasteiger partial charge < -0.3 is 14.8 Å². The van der Waals surface area contributed by atoms with Crippen molar-refractivity contribution in [2.45, 2.75) is 19.4 Å². The van der Waals surface area contributed by atoms with Crippen molar-refractivity contribution < 1.29 is 32.4 Å². The van der Waals surface area contributed by atoms with Crippen LogP contribution in [0.1, 0.15) is 6.92 Å². The van der Waals surface area contributed by atoms with Gasteiger partial charge in [-0.1, -0.05) is 0 Å². The third-order valence-corrected chi connectivity index (χ3v) is 3.09. The number of carbonyl (C=O) groups excluding carboxylic acids is 1. The molecule has 138 valence electrons. The molecule has 0 spiro atoms. The van der Waals surface area contributed by atoms with Gasteiger partial charge in [0.25, 0.3) is 11.6 Å². The summed E-state index contributed by atoms with van der Waals surface area (Å²) >= 11 is 0. The van der Waals surface area contributed by atoms with Gasteiger partial charge in [-0.05, 0) is 43.3 Å². The number of nitrogens with zero attached hydrogens (tertiary/aromatic N) is 1. The molecule has 2 rings (SSSR count). The Labute approximate surface area is 145 Å². The number of carbonyl (C=O) groups is 1. The molecule has 2 aromatic carbocycles. The number of hydrogen-bond donors (Lipinski definition) is 1. The Morgan fingerprint density at radius 1 is 1.08 bits per heavy atom. The third-order valence-electron chi connectivity index (χ3n) is 3.09. The van der Waals surface area contributed by atoms with Gasteiger partial charge in [0.15, 0.2) is 6.10 Å². The molecule has 0 fully saturated rings. The summed E-state index contributed by atoms with van der Waals surface area (Å²) in [6, 6.07) is 9.79. The van der Waals surface area contributed by atoms with Crippen molar-refractivity contribution in [3.8, 4) is 11.5 Å². The summed E-state index contributed by atoms with van der Waals surface area (Å²) in [6.07, 6.45) is -5.74. The number of ether oxygens (including phenoxy) is 2. The van der Waals surface area contributed by atoms with Gasteiger partial charge in [-0.15, -0.1) is 13.2 Å². The van der Waals surface area contributed by atoms with Gasteiger partial charge in [0.1, 0.15) is 11.5 Å². The predicted molar refractivity (Wildman–Crippen MR) is 84.9 cm³/mol. The number of non-ortho nitro benzene ring substituents is 1. The number of alkyl halides is 3. The van der Waals surface area contributed by atoms with E-state index in [4.69, 9.17) is 4.74 Å². The van der Waals surface area contributed by atoms with Crippen LogP contribution in [0.4, 0.5) is 24.5 Å². The summed E-state index contributed by atoms with van der Waals surface area (Å²) in [5.74, 6) is -0.703. The number of rotatable bonds is 6. The highest BCUT2D eigenvalue weighted by Crippen LogP contribution is 2.24. The first-order valence-corrected chi connectivity index (χ1v) is 7.22. The van der Waals surface area contributed by atoms with Crippen LogP contribution in [0.2, 0.25) is 0 Å². The fourth-order valence-corrected chi connectivity index (χ4v) is 1.89. The number of amides is 1. The van der Waals surface area contributed by atoms with E-state index in [0.29, 0.717) is 0 Å². The van der Waals surface area contributed by atoms with E-state index in [1.54, 1.807) is 0 Å². The lowest BCUT2D eigenvalue weighted by molar-refractivity contribution is -0.384. The SMILES string of the molecule is CC(Oc1ccc([N+](=O)[O-])cc1)C(=O)Nc1ccc(OC(F)(F)F)cc1. The number of benzene rings is 2. The topological polar surface area (TPSA) is 90.7 Å². The second-order valence-corrected chi connectivity index (χ2v) is 5.07. The zero-order valence-corrected chi connectivity index (χ0v) is 13.3. The van der Waals surface area contributed by atoms with Crippen LogP contribution in [0.25, 0.3) is 0 Å². The molecule has 0 aliphatic heterocycles. The lowest BCUT2D eigenvalue weighted by Crippen LogP contribution is -2.30. The van der Waals surface area contributed by atoms with Gasteiger partial charge in [-0.3, -0.25) is 14.9 Å². The van der Waals surface area contributed by atoms with Crippen molar-refractivity contribution >= 4 is 17.3 Å². The lowest BCUT2D eigenvalue weighted by atomic mass is 10.2. The normalized spacial score (nSPS) is 12.2. The van der Waals surface area contributed by atoms with Gasteiger partial charge in [-0.2, -0.15) is 0 Å². The van der Waals surface area contributed by atoms with Gasteiger partial charge in [0, 0.05) is 17.8 Å². The van der Waals surface area contributed by atoms with Gasteiger partial charge in [0.05, 0.1) is 4.92 Å². The average Bonchev–Trinajstić information content (AvgIpc) is 2.55. The van der Waals surface area contributed by atoms with Crippen molar-refractivity contribution in [3.05, 3.63) is 58.6 Å². The molecule has 0 aliphatic rings. The Morgan fingerprint density at radius 2 is 1.62 bits per heavy atom. The van der Waals surface area contributed by atoms with E-state index in [1.807, 2.05) is 0 Å². The lowest BCUT2D eigenvalue weighted by Gasteiger charge is -2.15. The van der Waals surface area contributed by atoms with Crippen LogP contribution in [-0.4, -0.2) is 23.3 Å². The highest BCUT2D eigenvalue weighted by atomic mass is 19.4. The molecule has 7 nitrogen and oxygen atoms in total. The van der Waals surface area contributed by atoms with Crippen LogP contribution in [0.5, 0.6) is 11.5 Å². The molecule has 0 aromatic heterocycles. The third kappa shape index (κ3) is 5.65. The second kappa shape index (κ2) is 7.72. The predicted octanol–water partition coefficient (Wildman–Crippen LogP) is 3.90. The summed E-state index contributed by atoms with van der Waals surface area (Å²) < 4.78 is 45.4. The van der Waals surface area contributed by atoms with Crippen LogP contribution < -0.4 is 14.8 Å². The quantitative estimate of drug-likeness (QED) is 0.615. The zero-order chi connectivity index (χ0) is 19.3. The first-order chi connectivity index (χ1) is 12.1. The molecule has 0 aliphatic carbocycles. The Morgan fingerprint density at radius 3 is 2.12 bits per heavy atom. The van der Waals surface area contributed by atoms with Crippen molar-refractivity contribution in [1.82, 2.24) is 0 Å². The minimum absolute atomic E-state index is 0.115. The number of hydrogen-bond acceptors (Lipinski definition) is 5. The van der Waals surface area contributed by atoms with Crippen LogP contribution in [-0.2, 0) is 4.79 Å². The Balaban J connectivity index is 1.93. The molecule has 1 amide bonds. The van der Waals surface area contributed by atoms with Crippen molar-refractivity contribution in [2.75, 3.05) is 5.32 Å². The van der Waals surface area contributed by atoms with E-state index in [9.17, 15) is 28.1 Å². The van der Waals surface area contributed by atoms with Crippen molar-refractivity contribution in [1.29, 1.82) is 0 Å². The van der Waals surface area contributed by atoms with Crippen molar-refractivity contribution in [3.63, 3.8) is 0 Å². The van der Waals surface area contributed by atoms with Gasteiger partial charge in [-0.25, -0.2) is 0 Å². The van der Waals surface area contributed by atoms with Gasteiger partial charge in [0.2, 0.25) is 0 Å². The largest absolute Gasteiger partial charge is 0.573 e. The maximum Gasteiger partial charge on any atom is 0.573 e. The number of nitrogens with one attached hydrogen (secondary N) is 1. The van der Waals surface area contributed by atoms with Crippen LogP contribution in [0.3, 0.4) is 0 Å². The molecule has 2 aromatic rings. The molecule has 0 bridgehead atoms. The molecule has 0 heterocycles. The summed E-state index contributed by atoms with van der Waals surface area (Å²) in [6.45, 7) is 1.46. The minimum Gasteiger partial charge on any atom is -0.481 e. The first-order valence-electron chi connectivity index (χ1n) is 7.22. The smallest absolute Gasteiger partial charge is 0.481 e. The highest BCUT2D eigenvalue weighted by molar-refractivity contribution is 5.94. The summed E-state index contributed by atoms with van der Waals surface area (Å²) in [5, 5.41) is 13.0. The Bertz CT molecular complexity index is 776. The minimum atomic E-state index is -4.79. The fraction of sp³-hybridized carbons (Fsp3) is 0.188. The van der Waals surface area contributed by atoms with Crippen molar-refractivity contribution in [2.24, 2.45) is 0 Å². The molecule has 0 radical (unpaired) electrons. The van der Waals surface area contributed by atoms with E-state index in [1.165, 1.54) is 43.3 Å². The summed E-state index contributed by atoms with van der Waals surface area (Å²) in [4.78, 5) is 22.1. The molecule has 0 saturated heterocycles. The first kappa shape index (κ1) is 19.0. The molecule has 0 saturated carbocycles. The number of halogens is 3. The average molecular weight is 370 g/mol. The summed E-state index contributed by atoms with van der Waals surface area (Å²) in [5.41, 5.74) is 0.138. The molecule has 26 heavy (non-hydrogen) atoms. The van der Waals surface area contributed by atoms with E-state index < -0.39 is 29.0 Å². The van der Waals surface area contributed by atoms with Gasteiger partial charge >= 0.3 is 6.36 Å². The maximum absolute atomic E-state index is 12.1. The Hall–Kier alpha value is -3.30. The number of anilines is 1. The van der Waals surface area contributed by atoms with E-state index in [2.05, 4.69) is 10.1 Å². The standard InChI is InChI=1S/C16H13F3N2O5/c1-10(25-13-8-4-12(5-9-13)21(23)24)15(22)20-11-2-6-14(7-3-11)26-16(17,18)19/h2-10H,1H3,(H,20,22). The molecule has 1 unspecified atom stereocenters. The summed E-state index contributed by atoms with van der Waals surface area (Å²) in [7, 11) is 0. The van der Waals surface area contributed by atoms with Crippen LogP contribution in [0, 0.1) is 10.1 Å². The van der Waals surface area contributed by atoms with Crippen LogP contribution in [0.15, 0.2) is 48.5 Å². The number of nitro benzene ring substituents is 1.